The summed E-state index contributed by atoms with van der Waals surface area (Å²) in [5.74, 6) is 0.475. The minimum Gasteiger partial charge on any atom is -0.497 e. The maximum atomic E-state index is 10.5. The Kier molecular flexibility index (Phi) is 3.82. The lowest BCUT2D eigenvalue weighted by Gasteiger charge is -2.06. The lowest BCUT2D eigenvalue weighted by Crippen LogP contribution is -1.89. The Labute approximate surface area is 106 Å². The number of hydrogen-bond donors (Lipinski definition) is 1. The molecule has 1 aliphatic carbocycles. The molecule has 1 aromatic carbocycles. The Hall–Kier alpha value is -2.03. The van der Waals surface area contributed by atoms with E-state index in [0.29, 0.717) is 5.92 Å². The first-order valence-electron chi connectivity index (χ1n) is 5.96. The fraction of sp³-hybridized carbons (Fsp3) is 0.267. The monoisotopic (exact) mass is 244 g/mol. The molecule has 0 aliphatic heterocycles. The summed E-state index contributed by atoms with van der Waals surface area (Å²) in [5.41, 5.74) is 2.34. The molecule has 2 rings (SSSR count). The van der Waals surface area contributed by atoms with Gasteiger partial charge in [-0.05, 0) is 42.0 Å². The molecule has 1 aliphatic rings. The number of hydrogen-bond acceptors (Lipinski definition) is 2. The van der Waals surface area contributed by atoms with Crippen LogP contribution < -0.4 is 4.74 Å². The minimum absolute atomic E-state index is 0.567. The summed E-state index contributed by atoms with van der Waals surface area (Å²) in [6.45, 7) is 0. The number of allylic oxidation sites excluding steroid dienone is 3. The molecule has 0 bridgehead atoms. The van der Waals surface area contributed by atoms with Crippen LogP contribution in [0.5, 0.6) is 5.75 Å². The average molecular weight is 244 g/mol. The van der Waals surface area contributed by atoms with Gasteiger partial charge in [-0.3, -0.25) is 0 Å². The van der Waals surface area contributed by atoms with Crippen molar-refractivity contribution in [2.24, 2.45) is 5.92 Å². The third-order valence-electron chi connectivity index (χ3n) is 2.96. The van der Waals surface area contributed by atoms with Gasteiger partial charge >= 0.3 is 5.97 Å². The Morgan fingerprint density at radius 1 is 1.33 bits per heavy atom. The van der Waals surface area contributed by atoms with E-state index in [1.807, 2.05) is 30.3 Å². The van der Waals surface area contributed by atoms with Crippen molar-refractivity contribution in [2.75, 3.05) is 7.11 Å². The zero-order chi connectivity index (χ0) is 13.0. The van der Waals surface area contributed by atoms with Gasteiger partial charge in [0.2, 0.25) is 0 Å². The zero-order valence-corrected chi connectivity index (χ0v) is 10.3. The van der Waals surface area contributed by atoms with Gasteiger partial charge in [-0.2, -0.15) is 0 Å². The fourth-order valence-electron chi connectivity index (χ4n) is 1.88. The largest absolute Gasteiger partial charge is 0.497 e. The third kappa shape index (κ3) is 3.23. The summed E-state index contributed by atoms with van der Waals surface area (Å²) in [7, 11) is 1.64. The van der Waals surface area contributed by atoms with E-state index in [1.165, 1.54) is 18.4 Å². The molecule has 3 nitrogen and oxygen atoms in total. The molecule has 1 saturated carbocycles. The molecule has 0 radical (unpaired) electrons. The third-order valence-corrected chi connectivity index (χ3v) is 2.96. The summed E-state index contributed by atoms with van der Waals surface area (Å²) in [6, 6.07) is 7.87. The molecule has 1 aromatic rings. The van der Waals surface area contributed by atoms with Crippen molar-refractivity contribution in [3.8, 4) is 5.75 Å². The first-order chi connectivity index (χ1) is 8.70. The summed E-state index contributed by atoms with van der Waals surface area (Å²) < 4.78 is 5.13. The van der Waals surface area contributed by atoms with Crippen LogP contribution in [0.4, 0.5) is 0 Å². The Balaban J connectivity index is 2.21. The van der Waals surface area contributed by atoms with Crippen molar-refractivity contribution in [1.29, 1.82) is 0 Å². The molecule has 0 heterocycles. The number of rotatable bonds is 5. The summed E-state index contributed by atoms with van der Waals surface area (Å²) in [6.07, 6.45) is 7.01. The van der Waals surface area contributed by atoms with Crippen molar-refractivity contribution in [1.82, 2.24) is 0 Å². The summed E-state index contributed by atoms with van der Waals surface area (Å²) in [4.78, 5) is 10.5. The van der Waals surface area contributed by atoms with Crippen LogP contribution in [0.25, 0.3) is 5.57 Å². The molecule has 0 unspecified atom stereocenters. The maximum absolute atomic E-state index is 10.5. The standard InChI is InChI=1S/C15H16O3/c1-18-13-9-7-12(8-10-13)14(11-5-6-11)3-2-4-15(16)17/h2-4,7-11H,5-6H2,1H3,(H,16,17). The minimum atomic E-state index is -0.920. The summed E-state index contributed by atoms with van der Waals surface area (Å²) in [5, 5.41) is 8.59. The highest BCUT2D eigenvalue weighted by atomic mass is 16.5. The highest BCUT2D eigenvalue weighted by molar-refractivity contribution is 5.81. The van der Waals surface area contributed by atoms with Gasteiger partial charge in [0.15, 0.2) is 0 Å². The number of carbonyl (C=O) groups is 1. The second-order valence-electron chi connectivity index (χ2n) is 4.32. The number of benzene rings is 1. The van der Waals surface area contributed by atoms with Gasteiger partial charge in [-0.1, -0.05) is 24.3 Å². The van der Waals surface area contributed by atoms with Crippen LogP contribution in [-0.4, -0.2) is 18.2 Å². The van der Waals surface area contributed by atoms with E-state index in [2.05, 4.69) is 0 Å². The van der Waals surface area contributed by atoms with Gasteiger partial charge in [-0.25, -0.2) is 4.79 Å². The Bertz CT molecular complexity index is 479. The van der Waals surface area contributed by atoms with E-state index < -0.39 is 5.97 Å². The van der Waals surface area contributed by atoms with Crippen LogP contribution in [0, 0.1) is 5.92 Å². The van der Waals surface area contributed by atoms with Crippen LogP contribution in [0.1, 0.15) is 18.4 Å². The lowest BCUT2D eigenvalue weighted by molar-refractivity contribution is -0.131. The van der Waals surface area contributed by atoms with Crippen LogP contribution in [0.15, 0.2) is 42.5 Å². The van der Waals surface area contributed by atoms with Gasteiger partial charge < -0.3 is 9.84 Å². The number of carboxylic acids is 1. The smallest absolute Gasteiger partial charge is 0.328 e. The van der Waals surface area contributed by atoms with E-state index in [-0.39, 0.29) is 0 Å². The predicted octanol–water partition coefficient (Wildman–Crippen LogP) is 3.13. The van der Waals surface area contributed by atoms with Crippen LogP contribution >= 0.6 is 0 Å². The Morgan fingerprint density at radius 3 is 2.50 bits per heavy atom. The molecule has 0 spiro atoms. The maximum Gasteiger partial charge on any atom is 0.328 e. The molecular weight excluding hydrogens is 228 g/mol. The lowest BCUT2D eigenvalue weighted by atomic mass is 10.0. The van der Waals surface area contributed by atoms with Crippen LogP contribution in [0.2, 0.25) is 0 Å². The number of methoxy groups -OCH3 is 1. The topological polar surface area (TPSA) is 46.5 Å². The molecule has 3 heteroatoms. The molecule has 0 saturated heterocycles. The quantitative estimate of drug-likeness (QED) is 0.639. The number of aliphatic carboxylic acids is 1. The second-order valence-corrected chi connectivity index (χ2v) is 4.32. The van der Waals surface area contributed by atoms with Gasteiger partial charge in [0.25, 0.3) is 0 Å². The van der Waals surface area contributed by atoms with Crippen molar-refractivity contribution < 1.29 is 14.6 Å². The van der Waals surface area contributed by atoms with Gasteiger partial charge in [0.1, 0.15) is 5.75 Å². The van der Waals surface area contributed by atoms with Crippen molar-refractivity contribution in [3.05, 3.63) is 48.1 Å². The summed E-state index contributed by atoms with van der Waals surface area (Å²) >= 11 is 0. The van der Waals surface area contributed by atoms with Crippen LogP contribution in [-0.2, 0) is 4.79 Å². The SMILES string of the molecule is COc1ccc(C(=CC=CC(=O)O)C2CC2)cc1. The van der Waals surface area contributed by atoms with Gasteiger partial charge in [-0.15, -0.1) is 0 Å². The molecule has 0 atom stereocenters. The van der Waals surface area contributed by atoms with E-state index in [0.717, 1.165) is 17.4 Å². The molecule has 18 heavy (non-hydrogen) atoms. The first-order valence-corrected chi connectivity index (χ1v) is 5.96. The van der Waals surface area contributed by atoms with E-state index >= 15 is 0 Å². The fourth-order valence-corrected chi connectivity index (χ4v) is 1.88. The molecule has 0 amide bonds. The van der Waals surface area contributed by atoms with Gasteiger partial charge in [0, 0.05) is 6.08 Å². The molecule has 0 aromatic heterocycles. The molecule has 94 valence electrons. The highest BCUT2D eigenvalue weighted by Gasteiger charge is 2.26. The highest BCUT2D eigenvalue weighted by Crippen LogP contribution is 2.42. The van der Waals surface area contributed by atoms with Gasteiger partial charge in [0.05, 0.1) is 7.11 Å². The van der Waals surface area contributed by atoms with Crippen molar-refractivity contribution in [2.45, 2.75) is 12.8 Å². The van der Waals surface area contributed by atoms with E-state index in [4.69, 9.17) is 9.84 Å². The Morgan fingerprint density at radius 2 is 2.00 bits per heavy atom. The normalized spacial score (nSPS) is 15.9. The first kappa shape index (κ1) is 12.4. The molecule has 1 fully saturated rings. The number of carboxylic acid groups (broad SMARTS) is 1. The zero-order valence-electron chi connectivity index (χ0n) is 10.3. The molecule has 1 N–H and O–H groups in total. The van der Waals surface area contributed by atoms with Crippen molar-refractivity contribution >= 4 is 11.5 Å². The van der Waals surface area contributed by atoms with Crippen LogP contribution in [0.3, 0.4) is 0 Å². The average Bonchev–Trinajstić information content (AvgIpc) is 3.19. The van der Waals surface area contributed by atoms with E-state index in [1.54, 1.807) is 13.2 Å². The van der Waals surface area contributed by atoms with Crippen molar-refractivity contribution in [3.63, 3.8) is 0 Å². The molecular formula is C15H16O3. The second kappa shape index (κ2) is 5.54. The number of ether oxygens (including phenoxy) is 1. The predicted molar refractivity (Wildman–Crippen MR) is 70.5 cm³/mol. The van der Waals surface area contributed by atoms with E-state index in [9.17, 15) is 4.79 Å².